The number of hydrogen-bond acceptors (Lipinski definition) is 7. The molecule has 1 aliphatic heterocycles. The molecule has 1 saturated heterocycles. The normalized spacial score (nSPS) is 28.0. The van der Waals surface area contributed by atoms with Gasteiger partial charge < -0.3 is 20.3 Å². The number of nitrogens with one attached hydrogen (secondary N) is 2. The summed E-state index contributed by atoms with van der Waals surface area (Å²) in [6.45, 7) is 15.8. The van der Waals surface area contributed by atoms with Gasteiger partial charge in [-0.15, -0.1) is 6.58 Å². The summed E-state index contributed by atoms with van der Waals surface area (Å²) in [6, 6.07) is -1.87. The molecule has 5 atom stereocenters. The molecule has 33 heavy (non-hydrogen) atoms. The number of likely N-dealkylation sites (tertiary alicyclic amines) is 1. The molecule has 2 fully saturated rings. The van der Waals surface area contributed by atoms with Crippen LogP contribution in [0.1, 0.15) is 61.3 Å². The van der Waals surface area contributed by atoms with E-state index in [9.17, 15) is 19.2 Å². The highest BCUT2D eigenvalue weighted by Crippen LogP contribution is 2.45. The topological polar surface area (TPSA) is 140 Å². The first-order valence-electron chi connectivity index (χ1n) is 11.2. The minimum absolute atomic E-state index is 0.0773. The summed E-state index contributed by atoms with van der Waals surface area (Å²) in [4.78, 5) is 57.8. The predicted octanol–water partition coefficient (Wildman–Crippen LogP) is 1.44. The number of Topliss-reactive ketones (excluding diaryl/α,β-unsaturated/α-hetero) is 1. The number of nitrogens with two attached hydrogens (primary N) is 1. The third-order valence-electron chi connectivity index (χ3n) is 6.09. The maximum atomic E-state index is 13.6. The Bertz CT molecular complexity index is 815. The Balaban J connectivity index is 2.26. The fourth-order valence-corrected chi connectivity index (χ4v) is 4.14. The minimum Gasteiger partial charge on any atom is -0.444 e. The summed E-state index contributed by atoms with van der Waals surface area (Å²) in [5.41, 5.74) is -2.41. The smallest absolute Gasteiger partial charge is 0.408 e. The molecule has 10 nitrogen and oxygen atoms in total. The molecule has 186 valence electrons. The second-order valence-electron chi connectivity index (χ2n) is 11.0. The predicted molar refractivity (Wildman–Crippen MR) is 122 cm³/mol. The molecule has 2 rings (SSSR count). The maximum Gasteiger partial charge on any atom is 0.408 e. The summed E-state index contributed by atoms with van der Waals surface area (Å²) in [7, 11) is 0. The fraction of sp³-hybridized carbons (Fsp3) is 0.739. The van der Waals surface area contributed by atoms with Crippen molar-refractivity contribution in [2.45, 2.75) is 90.6 Å². The molecular weight excluding hydrogens is 428 g/mol. The molecule has 0 radical (unpaired) electrons. The van der Waals surface area contributed by atoms with E-state index in [0.717, 1.165) is 0 Å². The Morgan fingerprint density at radius 2 is 1.79 bits per heavy atom. The number of carbonyl (C=O) groups is 4. The number of amides is 3. The van der Waals surface area contributed by atoms with E-state index in [-0.39, 0.29) is 24.7 Å². The largest absolute Gasteiger partial charge is 0.444 e. The number of ketones is 1. The standard InChI is InChI=1S/C23H38N4O6/c1-9-14-11-23(14,13(2)28)26-18(29)16-10-15(33-24)12-27(16)19(30)17(21(3,4)5)25-20(31)32-22(6,7)8/h9,14-17H,1,10-12,24H2,2-8H3,(H,25,31)(H,26,29)/t14?,15-,16+,17-,23+/m1/s1. The van der Waals surface area contributed by atoms with Gasteiger partial charge in [0.25, 0.3) is 0 Å². The van der Waals surface area contributed by atoms with Crippen molar-refractivity contribution in [1.29, 1.82) is 0 Å². The van der Waals surface area contributed by atoms with Crippen molar-refractivity contribution in [1.82, 2.24) is 15.5 Å². The van der Waals surface area contributed by atoms with Crippen molar-refractivity contribution in [3.63, 3.8) is 0 Å². The van der Waals surface area contributed by atoms with Crippen molar-refractivity contribution < 1.29 is 28.8 Å². The van der Waals surface area contributed by atoms with Gasteiger partial charge in [-0.25, -0.2) is 10.7 Å². The summed E-state index contributed by atoms with van der Waals surface area (Å²) in [6.07, 6.45) is 0.995. The Morgan fingerprint density at radius 1 is 1.18 bits per heavy atom. The van der Waals surface area contributed by atoms with Crippen LogP contribution in [0.3, 0.4) is 0 Å². The number of carbonyl (C=O) groups excluding carboxylic acids is 4. The van der Waals surface area contributed by atoms with E-state index in [1.165, 1.54) is 11.8 Å². The second kappa shape index (κ2) is 9.42. The molecule has 1 saturated carbocycles. The van der Waals surface area contributed by atoms with Crippen LogP contribution in [0.4, 0.5) is 4.79 Å². The number of rotatable bonds is 7. The number of nitrogens with zero attached hydrogens (tertiary/aromatic N) is 1. The lowest BCUT2D eigenvalue weighted by atomic mass is 9.85. The first-order valence-corrected chi connectivity index (χ1v) is 11.2. The van der Waals surface area contributed by atoms with Gasteiger partial charge in [0.15, 0.2) is 5.78 Å². The van der Waals surface area contributed by atoms with Gasteiger partial charge in [0, 0.05) is 18.9 Å². The van der Waals surface area contributed by atoms with Gasteiger partial charge >= 0.3 is 6.09 Å². The van der Waals surface area contributed by atoms with E-state index in [1.54, 1.807) is 47.6 Å². The van der Waals surface area contributed by atoms with Gasteiger partial charge in [-0.05, 0) is 39.5 Å². The van der Waals surface area contributed by atoms with Gasteiger partial charge in [0.1, 0.15) is 23.2 Å². The zero-order valence-electron chi connectivity index (χ0n) is 20.7. The Labute approximate surface area is 195 Å². The Kier molecular flexibility index (Phi) is 7.65. The molecule has 0 bridgehead atoms. The molecule has 10 heteroatoms. The average Bonchev–Trinajstić information content (AvgIpc) is 3.21. The van der Waals surface area contributed by atoms with Crippen molar-refractivity contribution in [3.05, 3.63) is 12.7 Å². The van der Waals surface area contributed by atoms with Crippen LogP contribution in [0.25, 0.3) is 0 Å². The van der Waals surface area contributed by atoms with Gasteiger partial charge in [0.2, 0.25) is 11.8 Å². The van der Waals surface area contributed by atoms with Gasteiger partial charge in [-0.1, -0.05) is 26.8 Å². The molecule has 2 aliphatic rings. The van der Waals surface area contributed by atoms with E-state index in [1.807, 2.05) is 0 Å². The zero-order valence-corrected chi connectivity index (χ0v) is 20.7. The van der Waals surface area contributed by atoms with E-state index < -0.39 is 52.7 Å². The van der Waals surface area contributed by atoms with Gasteiger partial charge in [-0.2, -0.15) is 0 Å². The van der Waals surface area contributed by atoms with Crippen LogP contribution in [0, 0.1) is 11.3 Å². The van der Waals surface area contributed by atoms with Crippen molar-refractivity contribution in [2.24, 2.45) is 17.2 Å². The molecule has 1 aliphatic carbocycles. The molecule has 4 N–H and O–H groups in total. The van der Waals surface area contributed by atoms with E-state index in [2.05, 4.69) is 17.2 Å². The van der Waals surface area contributed by atoms with Crippen LogP contribution in [0.15, 0.2) is 12.7 Å². The lowest BCUT2D eigenvalue weighted by Gasteiger charge is -2.36. The third-order valence-corrected chi connectivity index (χ3v) is 6.09. The molecule has 1 unspecified atom stereocenters. The van der Waals surface area contributed by atoms with Crippen LogP contribution < -0.4 is 16.5 Å². The van der Waals surface area contributed by atoms with Crippen LogP contribution in [-0.4, -0.2) is 64.5 Å². The maximum absolute atomic E-state index is 13.6. The fourth-order valence-electron chi connectivity index (χ4n) is 4.14. The number of ether oxygens (including phenoxy) is 1. The number of alkyl carbamates (subject to hydrolysis) is 1. The van der Waals surface area contributed by atoms with Crippen LogP contribution in [0.2, 0.25) is 0 Å². The Morgan fingerprint density at radius 3 is 2.21 bits per heavy atom. The average molecular weight is 467 g/mol. The van der Waals surface area contributed by atoms with Gasteiger partial charge in [-0.3, -0.25) is 19.2 Å². The van der Waals surface area contributed by atoms with Crippen LogP contribution in [-0.2, 0) is 24.0 Å². The third kappa shape index (κ3) is 6.11. The SMILES string of the molecule is C=CC1C[C@]1(NC(=O)[C@@H]1C[C@@H](ON)CN1C(=O)[C@@H](NC(=O)OC(C)(C)C)C(C)(C)C)C(C)=O. The molecule has 0 aromatic rings. The monoisotopic (exact) mass is 466 g/mol. The first-order chi connectivity index (χ1) is 15.1. The minimum atomic E-state index is -0.993. The highest BCUT2D eigenvalue weighted by atomic mass is 16.6. The lowest BCUT2D eigenvalue weighted by molar-refractivity contribution is -0.143. The van der Waals surface area contributed by atoms with Crippen molar-refractivity contribution in [2.75, 3.05) is 6.54 Å². The Hall–Kier alpha value is -2.46. The molecule has 0 aromatic heterocycles. The van der Waals surface area contributed by atoms with Gasteiger partial charge in [0.05, 0.1) is 6.10 Å². The van der Waals surface area contributed by atoms with Crippen molar-refractivity contribution in [3.8, 4) is 0 Å². The summed E-state index contributed by atoms with van der Waals surface area (Å²) in [5, 5.41) is 5.48. The number of hydrogen-bond donors (Lipinski definition) is 3. The van der Waals surface area contributed by atoms with Crippen molar-refractivity contribution >= 4 is 23.7 Å². The molecular formula is C23H38N4O6. The molecule has 3 amide bonds. The first kappa shape index (κ1) is 26.8. The summed E-state index contributed by atoms with van der Waals surface area (Å²) in [5.74, 6) is 4.14. The molecule has 0 spiro atoms. The highest BCUT2D eigenvalue weighted by Gasteiger charge is 2.58. The quantitative estimate of drug-likeness (QED) is 0.381. The zero-order chi connectivity index (χ0) is 25.4. The summed E-state index contributed by atoms with van der Waals surface area (Å²) < 4.78 is 5.33. The van der Waals surface area contributed by atoms with Crippen LogP contribution in [0.5, 0.6) is 0 Å². The second-order valence-corrected chi connectivity index (χ2v) is 11.0. The van der Waals surface area contributed by atoms with E-state index in [0.29, 0.717) is 6.42 Å². The molecule has 0 aromatic carbocycles. The summed E-state index contributed by atoms with van der Waals surface area (Å²) >= 11 is 0. The van der Waals surface area contributed by atoms with Crippen LogP contribution >= 0.6 is 0 Å². The van der Waals surface area contributed by atoms with E-state index in [4.69, 9.17) is 15.5 Å². The highest BCUT2D eigenvalue weighted by molar-refractivity contribution is 5.98. The lowest BCUT2D eigenvalue weighted by Crippen LogP contribution is -2.59. The van der Waals surface area contributed by atoms with E-state index >= 15 is 0 Å². The molecule has 1 heterocycles.